The van der Waals surface area contributed by atoms with Crippen molar-refractivity contribution in [1.29, 1.82) is 0 Å². The highest BCUT2D eigenvalue weighted by Gasteiger charge is 2.12. The highest BCUT2D eigenvalue weighted by Crippen LogP contribution is 2.19. The molecule has 0 spiro atoms. The third kappa shape index (κ3) is 7.36. The summed E-state index contributed by atoms with van der Waals surface area (Å²) in [6, 6.07) is 0. The third-order valence-electron chi connectivity index (χ3n) is 3.03. The maximum Gasteiger partial charge on any atom is 0.220 e. The Morgan fingerprint density at radius 2 is 2.08 bits per heavy atom. The molecule has 0 aromatic carbocycles. The van der Waals surface area contributed by atoms with Crippen molar-refractivity contribution in [3.63, 3.8) is 0 Å². The number of allylic oxidation sites excluding steroid dienone is 1. The van der Waals surface area contributed by atoms with Crippen molar-refractivity contribution in [1.82, 2.24) is 9.78 Å². The Labute approximate surface area is 145 Å². The van der Waals surface area contributed by atoms with Crippen molar-refractivity contribution in [3.8, 4) is 17.7 Å². The van der Waals surface area contributed by atoms with E-state index < -0.39 is 0 Å². The maximum absolute atomic E-state index is 5.79. The van der Waals surface area contributed by atoms with E-state index in [1.54, 1.807) is 17.0 Å². The lowest BCUT2D eigenvalue weighted by Crippen LogP contribution is -2.03. The molecule has 1 aromatic heterocycles. The normalized spacial score (nSPS) is 11.8. The molecule has 0 saturated heterocycles. The molecule has 0 aliphatic carbocycles. The number of rotatable bonds is 8. The van der Waals surface area contributed by atoms with Crippen LogP contribution in [-0.2, 0) is 11.9 Å². The Kier molecular flexibility index (Phi) is 8.11. The molecule has 5 nitrogen and oxygen atoms in total. The molecule has 1 aromatic rings. The molecule has 132 valence electrons. The van der Waals surface area contributed by atoms with Crippen LogP contribution < -0.4 is 4.74 Å². The third-order valence-corrected chi connectivity index (χ3v) is 3.03. The summed E-state index contributed by atoms with van der Waals surface area (Å²) in [4.78, 5) is 5.24. The minimum Gasteiger partial charge on any atom is -0.477 e. The van der Waals surface area contributed by atoms with Crippen LogP contribution in [0.1, 0.15) is 51.8 Å². The molecule has 0 N–H and O–H groups in total. The first-order valence-corrected chi connectivity index (χ1v) is 8.34. The molecule has 1 rings (SSSR count). The van der Waals surface area contributed by atoms with Gasteiger partial charge in [0.25, 0.3) is 0 Å². The number of aryl methyl sites for hydroxylation is 2. The molecule has 0 atom stereocenters. The average Bonchev–Trinajstić information content (AvgIpc) is 2.75. The topological polar surface area (TPSA) is 48.6 Å². The minimum absolute atomic E-state index is 0.00929. The molecule has 0 aliphatic heterocycles. The van der Waals surface area contributed by atoms with E-state index in [4.69, 9.17) is 9.57 Å². The first-order valence-electron chi connectivity index (χ1n) is 8.34. The molecule has 0 aliphatic rings. The second kappa shape index (κ2) is 9.82. The fourth-order valence-corrected chi connectivity index (χ4v) is 1.83. The predicted octanol–water partition coefficient (Wildman–Crippen LogP) is 3.86. The van der Waals surface area contributed by atoms with Gasteiger partial charge in [0.2, 0.25) is 5.88 Å². The highest BCUT2D eigenvalue weighted by atomic mass is 16.6. The van der Waals surface area contributed by atoms with Crippen LogP contribution in [-0.4, -0.2) is 29.2 Å². The molecule has 1 heterocycles. The number of aromatic nitrogens is 2. The van der Waals surface area contributed by atoms with Crippen LogP contribution in [0.5, 0.6) is 5.88 Å². The fourth-order valence-electron chi connectivity index (χ4n) is 1.83. The summed E-state index contributed by atoms with van der Waals surface area (Å²) in [5, 5.41) is 8.36. The Hall–Kier alpha value is -2.22. The van der Waals surface area contributed by atoms with Crippen LogP contribution in [0.25, 0.3) is 0 Å². The van der Waals surface area contributed by atoms with E-state index in [-0.39, 0.29) is 5.41 Å². The van der Waals surface area contributed by atoms with Gasteiger partial charge in [-0.05, 0) is 46.3 Å². The molecule has 0 unspecified atom stereocenters. The lowest BCUT2D eigenvalue weighted by atomic mass is 9.98. The SMILES string of the molecule is CCCCOc1c(C=NOCC=CC#CC(C)(C)C)c(C)nn1C. The second-order valence-corrected chi connectivity index (χ2v) is 6.58. The van der Waals surface area contributed by atoms with Gasteiger partial charge in [-0.15, -0.1) is 0 Å². The van der Waals surface area contributed by atoms with E-state index in [0.717, 1.165) is 30.0 Å². The van der Waals surface area contributed by atoms with Crippen LogP contribution in [0.4, 0.5) is 0 Å². The van der Waals surface area contributed by atoms with Gasteiger partial charge >= 0.3 is 0 Å². The zero-order valence-electron chi connectivity index (χ0n) is 15.7. The van der Waals surface area contributed by atoms with Gasteiger partial charge in [-0.25, -0.2) is 4.68 Å². The minimum atomic E-state index is 0.00929. The van der Waals surface area contributed by atoms with E-state index >= 15 is 0 Å². The average molecular weight is 331 g/mol. The molecular weight excluding hydrogens is 302 g/mol. The number of unbranched alkanes of at least 4 members (excludes halogenated alkanes) is 1. The Bertz CT molecular complexity index is 626. The molecule has 0 radical (unpaired) electrons. The summed E-state index contributed by atoms with van der Waals surface area (Å²) in [6.07, 6.45) is 7.38. The Morgan fingerprint density at radius 3 is 2.75 bits per heavy atom. The van der Waals surface area contributed by atoms with Gasteiger partial charge in [0, 0.05) is 12.5 Å². The summed E-state index contributed by atoms with van der Waals surface area (Å²) >= 11 is 0. The van der Waals surface area contributed by atoms with Gasteiger partial charge in [-0.1, -0.05) is 30.3 Å². The lowest BCUT2D eigenvalue weighted by Gasteiger charge is -2.06. The number of hydrogen-bond acceptors (Lipinski definition) is 4. The second-order valence-electron chi connectivity index (χ2n) is 6.58. The van der Waals surface area contributed by atoms with E-state index in [9.17, 15) is 0 Å². The number of ether oxygens (including phenoxy) is 1. The molecule has 5 heteroatoms. The van der Waals surface area contributed by atoms with Crippen molar-refractivity contribution in [2.24, 2.45) is 17.6 Å². The van der Waals surface area contributed by atoms with Gasteiger partial charge in [0.15, 0.2) is 0 Å². The lowest BCUT2D eigenvalue weighted by molar-refractivity contribution is 0.176. The monoisotopic (exact) mass is 331 g/mol. The van der Waals surface area contributed by atoms with E-state index in [2.05, 4.69) is 49.8 Å². The van der Waals surface area contributed by atoms with Gasteiger partial charge < -0.3 is 9.57 Å². The summed E-state index contributed by atoms with van der Waals surface area (Å²) in [5.41, 5.74) is 1.73. The van der Waals surface area contributed by atoms with Crippen molar-refractivity contribution < 1.29 is 9.57 Å². The smallest absolute Gasteiger partial charge is 0.220 e. The van der Waals surface area contributed by atoms with Gasteiger partial charge in [-0.2, -0.15) is 5.10 Å². The van der Waals surface area contributed by atoms with Crippen LogP contribution in [0.3, 0.4) is 0 Å². The van der Waals surface area contributed by atoms with E-state index in [0.29, 0.717) is 13.2 Å². The van der Waals surface area contributed by atoms with E-state index in [1.165, 1.54) is 0 Å². The van der Waals surface area contributed by atoms with Crippen LogP contribution >= 0.6 is 0 Å². The standard InChI is InChI=1S/C19H29N3O2/c1-7-8-13-23-18-17(16(2)21-22(18)6)15-20-24-14-11-9-10-12-19(3,4)5/h9,11,15H,7-8,13-14H2,1-6H3. The summed E-state index contributed by atoms with van der Waals surface area (Å²) in [6.45, 7) is 11.3. The summed E-state index contributed by atoms with van der Waals surface area (Å²) < 4.78 is 7.52. The summed E-state index contributed by atoms with van der Waals surface area (Å²) in [5.74, 6) is 6.83. The van der Waals surface area contributed by atoms with Crippen molar-refractivity contribution >= 4 is 6.21 Å². The van der Waals surface area contributed by atoms with Gasteiger partial charge in [0.1, 0.15) is 6.61 Å². The number of nitrogens with zero attached hydrogens (tertiary/aromatic N) is 3. The van der Waals surface area contributed by atoms with Crippen molar-refractivity contribution in [2.45, 2.75) is 47.5 Å². The van der Waals surface area contributed by atoms with Crippen molar-refractivity contribution in [3.05, 3.63) is 23.4 Å². The molecule has 0 bridgehead atoms. The number of oxime groups is 1. The first kappa shape index (κ1) is 19.8. The fraction of sp³-hybridized carbons (Fsp3) is 0.579. The Morgan fingerprint density at radius 1 is 1.33 bits per heavy atom. The predicted molar refractivity (Wildman–Crippen MR) is 98.3 cm³/mol. The van der Waals surface area contributed by atoms with Crippen molar-refractivity contribution in [2.75, 3.05) is 13.2 Å². The van der Waals surface area contributed by atoms with Crippen LogP contribution in [0.15, 0.2) is 17.3 Å². The molecular formula is C19H29N3O2. The van der Waals surface area contributed by atoms with Gasteiger partial charge in [-0.3, -0.25) is 0 Å². The number of hydrogen-bond donors (Lipinski definition) is 0. The molecule has 0 amide bonds. The van der Waals surface area contributed by atoms with E-state index in [1.807, 2.05) is 20.0 Å². The highest BCUT2D eigenvalue weighted by molar-refractivity contribution is 5.83. The zero-order chi connectivity index (χ0) is 18.0. The van der Waals surface area contributed by atoms with Crippen LogP contribution in [0.2, 0.25) is 0 Å². The quantitative estimate of drug-likeness (QED) is 0.314. The molecule has 0 saturated carbocycles. The summed E-state index contributed by atoms with van der Waals surface area (Å²) in [7, 11) is 1.86. The molecule has 0 fully saturated rings. The zero-order valence-corrected chi connectivity index (χ0v) is 15.7. The van der Waals surface area contributed by atoms with Gasteiger partial charge in [0.05, 0.1) is 24.1 Å². The largest absolute Gasteiger partial charge is 0.477 e. The Balaban J connectivity index is 2.55. The van der Waals surface area contributed by atoms with Crippen LogP contribution in [0, 0.1) is 24.2 Å². The molecule has 24 heavy (non-hydrogen) atoms. The maximum atomic E-state index is 5.79. The first-order chi connectivity index (χ1) is 11.3.